The molecule has 1 atom stereocenters. The maximum Gasteiger partial charge on any atom is 0.227 e. The minimum Gasteiger partial charge on any atom is -0.352 e. The Hall–Kier alpha value is -1.91. The molecule has 1 fully saturated rings. The van der Waals surface area contributed by atoms with Gasteiger partial charge in [0.1, 0.15) is 0 Å². The molecular weight excluding hydrogens is 278 g/mol. The Morgan fingerprint density at radius 1 is 1.32 bits per heavy atom. The number of pyridine rings is 1. The van der Waals surface area contributed by atoms with Crippen molar-refractivity contribution in [2.24, 2.45) is 11.3 Å². The Balaban J connectivity index is 1.89. The third-order valence-electron chi connectivity index (χ3n) is 3.94. The summed E-state index contributed by atoms with van der Waals surface area (Å²) in [5.41, 5.74) is 0.636. The molecule has 22 heavy (non-hydrogen) atoms. The molecule has 1 aliphatic rings. The molecule has 1 aromatic rings. The molecular formula is C17H25N3O2. The van der Waals surface area contributed by atoms with Crippen LogP contribution in [0.25, 0.3) is 0 Å². The van der Waals surface area contributed by atoms with Crippen LogP contribution in [0.3, 0.4) is 0 Å². The molecule has 0 radical (unpaired) electrons. The van der Waals surface area contributed by atoms with Crippen molar-refractivity contribution in [3.05, 3.63) is 30.1 Å². The molecule has 1 aromatic heterocycles. The van der Waals surface area contributed by atoms with Crippen molar-refractivity contribution in [3.63, 3.8) is 0 Å². The molecule has 1 unspecified atom stereocenters. The van der Waals surface area contributed by atoms with Crippen molar-refractivity contribution in [3.8, 4) is 0 Å². The van der Waals surface area contributed by atoms with E-state index >= 15 is 0 Å². The van der Waals surface area contributed by atoms with Gasteiger partial charge < -0.3 is 10.2 Å². The monoisotopic (exact) mass is 303 g/mol. The van der Waals surface area contributed by atoms with Crippen LogP contribution in [-0.4, -0.2) is 34.8 Å². The summed E-state index contributed by atoms with van der Waals surface area (Å²) in [5, 5.41) is 2.96. The standard InChI is InChI=1S/C17H25N3O2/c1-17(2,3)16(22)20-10-4-5-14(12-20)15(21)19-11-13-6-8-18-9-7-13/h6-9,14H,4-5,10-12H2,1-3H3,(H,19,21). The number of rotatable bonds is 3. The second-order valence-corrected chi connectivity index (χ2v) is 6.91. The largest absolute Gasteiger partial charge is 0.352 e. The normalized spacial score (nSPS) is 18.9. The summed E-state index contributed by atoms with van der Waals surface area (Å²) in [5.74, 6) is 0.0456. The number of nitrogens with zero attached hydrogens (tertiary/aromatic N) is 2. The number of nitrogens with one attached hydrogen (secondary N) is 1. The molecule has 1 N–H and O–H groups in total. The first-order chi connectivity index (χ1) is 10.4. The van der Waals surface area contributed by atoms with Gasteiger partial charge in [-0.3, -0.25) is 14.6 Å². The van der Waals surface area contributed by atoms with Crippen LogP contribution < -0.4 is 5.32 Å². The van der Waals surface area contributed by atoms with Crippen LogP contribution >= 0.6 is 0 Å². The molecule has 0 aliphatic carbocycles. The van der Waals surface area contributed by atoms with Crippen molar-refractivity contribution in [1.82, 2.24) is 15.2 Å². The number of likely N-dealkylation sites (tertiary alicyclic amines) is 1. The van der Waals surface area contributed by atoms with Gasteiger partial charge in [-0.15, -0.1) is 0 Å². The van der Waals surface area contributed by atoms with E-state index in [1.54, 1.807) is 12.4 Å². The van der Waals surface area contributed by atoms with E-state index in [2.05, 4.69) is 10.3 Å². The van der Waals surface area contributed by atoms with Crippen LogP contribution in [0.4, 0.5) is 0 Å². The predicted octanol–water partition coefficient (Wildman–Crippen LogP) is 1.98. The number of piperidine rings is 1. The molecule has 0 aromatic carbocycles. The molecule has 1 aliphatic heterocycles. The van der Waals surface area contributed by atoms with Crippen LogP contribution in [0.1, 0.15) is 39.2 Å². The molecule has 2 rings (SSSR count). The van der Waals surface area contributed by atoms with Gasteiger partial charge in [0.2, 0.25) is 11.8 Å². The van der Waals surface area contributed by atoms with E-state index in [9.17, 15) is 9.59 Å². The van der Waals surface area contributed by atoms with E-state index in [4.69, 9.17) is 0 Å². The lowest BCUT2D eigenvalue weighted by atomic mass is 9.91. The quantitative estimate of drug-likeness (QED) is 0.929. The van der Waals surface area contributed by atoms with Gasteiger partial charge in [-0.05, 0) is 30.5 Å². The molecule has 2 heterocycles. The first-order valence-corrected chi connectivity index (χ1v) is 7.84. The average Bonchev–Trinajstić information content (AvgIpc) is 2.52. The number of carbonyl (C=O) groups is 2. The highest BCUT2D eigenvalue weighted by molar-refractivity contribution is 5.83. The minimum atomic E-state index is -0.393. The molecule has 0 bridgehead atoms. The highest BCUT2D eigenvalue weighted by Crippen LogP contribution is 2.23. The van der Waals surface area contributed by atoms with Gasteiger partial charge in [0.05, 0.1) is 5.92 Å². The summed E-state index contributed by atoms with van der Waals surface area (Å²) < 4.78 is 0. The number of aromatic nitrogens is 1. The van der Waals surface area contributed by atoms with Gasteiger partial charge >= 0.3 is 0 Å². The maximum absolute atomic E-state index is 12.4. The second kappa shape index (κ2) is 6.90. The SMILES string of the molecule is CC(C)(C)C(=O)N1CCCC(C(=O)NCc2ccncc2)C1. The van der Waals surface area contributed by atoms with Crippen molar-refractivity contribution < 1.29 is 9.59 Å². The summed E-state index contributed by atoms with van der Waals surface area (Å²) in [6.45, 7) is 7.54. The Labute approximate surface area is 132 Å². The summed E-state index contributed by atoms with van der Waals surface area (Å²) in [6, 6.07) is 3.77. The summed E-state index contributed by atoms with van der Waals surface area (Å²) in [4.78, 5) is 30.5. The lowest BCUT2D eigenvalue weighted by Crippen LogP contribution is -2.48. The maximum atomic E-state index is 12.4. The first-order valence-electron chi connectivity index (χ1n) is 7.84. The number of hydrogen-bond acceptors (Lipinski definition) is 3. The summed E-state index contributed by atoms with van der Waals surface area (Å²) >= 11 is 0. The van der Waals surface area contributed by atoms with E-state index in [-0.39, 0.29) is 17.7 Å². The topological polar surface area (TPSA) is 62.3 Å². The van der Waals surface area contributed by atoms with E-state index < -0.39 is 5.41 Å². The molecule has 0 saturated carbocycles. The van der Waals surface area contributed by atoms with Gasteiger partial charge in [0.25, 0.3) is 0 Å². The zero-order valence-electron chi connectivity index (χ0n) is 13.6. The number of amides is 2. The van der Waals surface area contributed by atoms with E-state index in [1.807, 2.05) is 37.8 Å². The van der Waals surface area contributed by atoms with E-state index in [1.165, 1.54) is 0 Å². The van der Waals surface area contributed by atoms with Crippen molar-refractivity contribution >= 4 is 11.8 Å². The Morgan fingerprint density at radius 3 is 2.64 bits per heavy atom. The first kappa shape index (κ1) is 16.5. The van der Waals surface area contributed by atoms with Crippen LogP contribution in [-0.2, 0) is 16.1 Å². The number of hydrogen-bond donors (Lipinski definition) is 1. The smallest absolute Gasteiger partial charge is 0.227 e. The zero-order chi connectivity index (χ0) is 16.2. The Bertz CT molecular complexity index is 522. The minimum absolute atomic E-state index is 0.0308. The highest BCUT2D eigenvalue weighted by atomic mass is 16.2. The molecule has 2 amide bonds. The number of carbonyl (C=O) groups excluding carboxylic acids is 2. The third kappa shape index (κ3) is 4.29. The Morgan fingerprint density at radius 2 is 2.00 bits per heavy atom. The Kier molecular flexibility index (Phi) is 5.16. The lowest BCUT2D eigenvalue weighted by molar-refractivity contribution is -0.142. The van der Waals surface area contributed by atoms with Gasteiger partial charge in [0.15, 0.2) is 0 Å². The highest BCUT2D eigenvalue weighted by Gasteiger charge is 2.33. The van der Waals surface area contributed by atoms with Crippen LogP contribution in [0.2, 0.25) is 0 Å². The van der Waals surface area contributed by atoms with Gasteiger partial charge in [-0.25, -0.2) is 0 Å². The fourth-order valence-electron chi connectivity index (χ4n) is 2.68. The zero-order valence-corrected chi connectivity index (χ0v) is 13.6. The van der Waals surface area contributed by atoms with Gasteiger partial charge in [-0.2, -0.15) is 0 Å². The fraction of sp³-hybridized carbons (Fsp3) is 0.588. The van der Waals surface area contributed by atoms with Crippen LogP contribution in [0, 0.1) is 11.3 Å². The van der Waals surface area contributed by atoms with E-state index in [0.717, 1.165) is 24.9 Å². The average molecular weight is 303 g/mol. The predicted molar refractivity (Wildman–Crippen MR) is 84.8 cm³/mol. The van der Waals surface area contributed by atoms with Gasteiger partial charge in [-0.1, -0.05) is 20.8 Å². The second-order valence-electron chi connectivity index (χ2n) is 6.91. The van der Waals surface area contributed by atoms with Crippen molar-refractivity contribution in [1.29, 1.82) is 0 Å². The molecule has 120 valence electrons. The van der Waals surface area contributed by atoms with Crippen LogP contribution in [0.5, 0.6) is 0 Å². The third-order valence-corrected chi connectivity index (χ3v) is 3.94. The van der Waals surface area contributed by atoms with Crippen LogP contribution in [0.15, 0.2) is 24.5 Å². The molecule has 1 saturated heterocycles. The molecule has 5 nitrogen and oxygen atoms in total. The van der Waals surface area contributed by atoms with E-state index in [0.29, 0.717) is 13.1 Å². The van der Waals surface area contributed by atoms with Crippen molar-refractivity contribution in [2.45, 2.75) is 40.2 Å². The van der Waals surface area contributed by atoms with Gasteiger partial charge in [0, 0.05) is 37.4 Å². The fourth-order valence-corrected chi connectivity index (χ4v) is 2.68. The summed E-state index contributed by atoms with van der Waals surface area (Å²) in [6.07, 6.45) is 5.16. The summed E-state index contributed by atoms with van der Waals surface area (Å²) in [7, 11) is 0. The van der Waals surface area contributed by atoms with Crippen molar-refractivity contribution in [2.75, 3.05) is 13.1 Å². The molecule has 5 heteroatoms. The molecule has 0 spiro atoms. The lowest BCUT2D eigenvalue weighted by Gasteiger charge is -2.35.